The summed E-state index contributed by atoms with van der Waals surface area (Å²) in [7, 11) is 0. The number of amides is 1. The number of nitrogens with zero attached hydrogens (tertiary/aromatic N) is 2. The van der Waals surface area contributed by atoms with E-state index in [1.165, 1.54) is 11.8 Å². The van der Waals surface area contributed by atoms with Crippen molar-refractivity contribution in [3.05, 3.63) is 42.4 Å². The Labute approximate surface area is 152 Å². The summed E-state index contributed by atoms with van der Waals surface area (Å²) in [5, 5.41) is 10.7. The number of aromatic nitrogens is 2. The minimum absolute atomic E-state index is 0.144. The summed E-state index contributed by atoms with van der Waals surface area (Å²) in [5.74, 6) is 2.23. The van der Waals surface area contributed by atoms with Crippen molar-refractivity contribution in [3.8, 4) is 23.0 Å². The molecule has 0 spiro atoms. The third-order valence-electron chi connectivity index (χ3n) is 3.69. The van der Waals surface area contributed by atoms with Crippen LogP contribution in [0.15, 0.2) is 50.7 Å². The van der Waals surface area contributed by atoms with E-state index < -0.39 is 5.25 Å². The summed E-state index contributed by atoms with van der Waals surface area (Å²) >= 11 is 1.19. The van der Waals surface area contributed by atoms with Gasteiger partial charge in [0.2, 0.25) is 18.6 Å². The maximum Gasteiger partial charge on any atom is 0.277 e. The molecule has 3 heterocycles. The van der Waals surface area contributed by atoms with E-state index in [0.29, 0.717) is 34.9 Å². The SMILES string of the molecule is CC(Sc1nnc(-c2ccc3c(c2)OCO3)o1)C(=O)NCc1ccco1. The van der Waals surface area contributed by atoms with Crippen LogP contribution in [0.25, 0.3) is 11.5 Å². The summed E-state index contributed by atoms with van der Waals surface area (Å²) in [6.45, 7) is 2.31. The second-order valence-electron chi connectivity index (χ2n) is 5.50. The van der Waals surface area contributed by atoms with Crippen molar-refractivity contribution >= 4 is 17.7 Å². The van der Waals surface area contributed by atoms with Gasteiger partial charge < -0.3 is 23.6 Å². The van der Waals surface area contributed by atoms with Crippen LogP contribution in [0.3, 0.4) is 0 Å². The number of hydrogen-bond acceptors (Lipinski definition) is 8. The predicted molar refractivity (Wildman–Crippen MR) is 91.7 cm³/mol. The highest BCUT2D eigenvalue weighted by Crippen LogP contribution is 2.36. The van der Waals surface area contributed by atoms with Gasteiger partial charge in [0.25, 0.3) is 5.22 Å². The Hall–Kier alpha value is -2.94. The van der Waals surface area contributed by atoms with E-state index in [1.807, 2.05) is 6.07 Å². The number of ether oxygens (including phenoxy) is 2. The molecule has 8 nitrogen and oxygen atoms in total. The molecular formula is C17H15N3O5S. The minimum Gasteiger partial charge on any atom is -0.467 e. The van der Waals surface area contributed by atoms with E-state index >= 15 is 0 Å². The maximum absolute atomic E-state index is 12.2. The first-order valence-corrected chi connectivity index (χ1v) is 8.77. The quantitative estimate of drug-likeness (QED) is 0.659. The van der Waals surface area contributed by atoms with Crippen LogP contribution in [0, 0.1) is 0 Å². The molecule has 26 heavy (non-hydrogen) atoms. The van der Waals surface area contributed by atoms with Crippen molar-refractivity contribution < 1.29 is 23.1 Å². The molecule has 1 atom stereocenters. The lowest BCUT2D eigenvalue weighted by atomic mass is 10.2. The summed E-state index contributed by atoms with van der Waals surface area (Å²) in [6.07, 6.45) is 1.57. The topological polar surface area (TPSA) is 99.6 Å². The molecule has 0 saturated carbocycles. The molecule has 0 saturated heterocycles. The first kappa shape index (κ1) is 16.5. The van der Waals surface area contributed by atoms with Gasteiger partial charge in [0.15, 0.2) is 11.5 Å². The standard InChI is InChI=1S/C17H15N3O5S/c1-10(15(21)18-8-12-3-2-6-22-12)26-17-20-19-16(25-17)11-4-5-13-14(7-11)24-9-23-13/h2-7,10H,8-9H2,1H3,(H,18,21). The van der Waals surface area contributed by atoms with Crippen LogP contribution in [-0.4, -0.2) is 28.1 Å². The number of fused-ring (bicyclic) bond motifs is 1. The Morgan fingerprint density at radius 3 is 3.00 bits per heavy atom. The molecule has 1 aliphatic rings. The lowest BCUT2D eigenvalue weighted by Crippen LogP contribution is -2.30. The number of carbonyl (C=O) groups excluding carboxylic acids is 1. The number of benzene rings is 1. The number of rotatable bonds is 6. The number of furan rings is 1. The van der Waals surface area contributed by atoms with Gasteiger partial charge in [-0.1, -0.05) is 11.8 Å². The van der Waals surface area contributed by atoms with Crippen LogP contribution in [-0.2, 0) is 11.3 Å². The van der Waals surface area contributed by atoms with Crippen molar-refractivity contribution in [2.24, 2.45) is 0 Å². The van der Waals surface area contributed by atoms with Crippen molar-refractivity contribution in [2.45, 2.75) is 23.9 Å². The lowest BCUT2D eigenvalue weighted by molar-refractivity contribution is -0.120. The third-order valence-corrected chi connectivity index (χ3v) is 4.62. The molecule has 1 N–H and O–H groups in total. The van der Waals surface area contributed by atoms with Gasteiger partial charge in [0.05, 0.1) is 18.1 Å². The maximum atomic E-state index is 12.2. The number of carbonyl (C=O) groups is 1. The lowest BCUT2D eigenvalue weighted by Gasteiger charge is -2.08. The van der Waals surface area contributed by atoms with E-state index in [4.69, 9.17) is 18.3 Å². The largest absolute Gasteiger partial charge is 0.467 e. The molecule has 2 aromatic heterocycles. The zero-order chi connectivity index (χ0) is 17.9. The Morgan fingerprint density at radius 2 is 2.15 bits per heavy atom. The minimum atomic E-state index is -0.394. The van der Waals surface area contributed by atoms with Gasteiger partial charge in [0, 0.05) is 5.56 Å². The summed E-state index contributed by atoms with van der Waals surface area (Å²) < 4.78 is 21.5. The fraction of sp³-hybridized carbons (Fsp3) is 0.235. The van der Waals surface area contributed by atoms with Crippen molar-refractivity contribution in [1.82, 2.24) is 15.5 Å². The first-order chi connectivity index (χ1) is 12.7. The average molecular weight is 373 g/mol. The Balaban J connectivity index is 1.37. The van der Waals surface area contributed by atoms with Gasteiger partial charge in [-0.2, -0.15) is 0 Å². The van der Waals surface area contributed by atoms with Crippen LogP contribution < -0.4 is 14.8 Å². The Kier molecular flexibility index (Phi) is 4.53. The molecule has 1 aliphatic heterocycles. The molecule has 0 radical (unpaired) electrons. The molecule has 9 heteroatoms. The van der Waals surface area contributed by atoms with Crippen molar-refractivity contribution in [2.75, 3.05) is 6.79 Å². The monoisotopic (exact) mass is 373 g/mol. The summed E-state index contributed by atoms with van der Waals surface area (Å²) in [6, 6.07) is 8.96. The number of nitrogens with one attached hydrogen (secondary N) is 1. The fourth-order valence-electron chi connectivity index (χ4n) is 2.34. The molecule has 1 unspecified atom stereocenters. The smallest absolute Gasteiger partial charge is 0.277 e. The van der Waals surface area contributed by atoms with Gasteiger partial charge in [-0.15, -0.1) is 10.2 Å². The normalized spacial score (nSPS) is 13.6. The fourth-order valence-corrected chi connectivity index (χ4v) is 3.05. The number of thioether (sulfide) groups is 1. The van der Waals surface area contributed by atoms with Gasteiger partial charge in [0.1, 0.15) is 5.76 Å². The van der Waals surface area contributed by atoms with Gasteiger partial charge in [-0.3, -0.25) is 4.79 Å². The van der Waals surface area contributed by atoms with Crippen LogP contribution in [0.1, 0.15) is 12.7 Å². The van der Waals surface area contributed by atoms with E-state index in [9.17, 15) is 4.79 Å². The van der Waals surface area contributed by atoms with Crippen LogP contribution in [0.2, 0.25) is 0 Å². The van der Waals surface area contributed by atoms with E-state index in [-0.39, 0.29) is 12.7 Å². The second kappa shape index (κ2) is 7.12. The number of hydrogen-bond donors (Lipinski definition) is 1. The molecule has 1 amide bonds. The third kappa shape index (κ3) is 3.52. The summed E-state index contributed by atoms with van der Waals surface area (Å²) in [5.41, 5.74) is 0.725. The zero-order valence-corrected chi connectivity index (χ0v) is 14.6. The van der Waals surface area contributed by atoms with Gasteiger partial charge in [-0.05, 0) is 37.3 Å². The second-order valence-corrected chi connectivity index (χ2v) is 6.79. The molecular weight excluding hydrogens is 358 g/mol. The van der Waals surface area contributed by atoms with Crippen LogP contribution in [0.5, 0.6) is 11.5 Å². The molecule has 134 valence electrons. The zero-order valence-electron chi connectivity index (χ0n) is 13.8. The average Bonchev–Trinajstić information content (AvgIpc) is 3.39. The molecule has 0 fully saturated rings. The van der Waals surface area contributed by atoms with Crippen molar-refractivity contribution in [1.29, 1.82) is 0 Å². The molecule has 0 aliphatic carbocycles. The molecule has 0 bridgehead atoms. The highest BCUT2D eigenvalue weighted by atomic mass is 32.2. The Morgan fingerprint density at radius 1 is 1.27 bits per heavy atom. The van der Waals surface area contributed by atoms with Gasteiger partial charge in [-0.25, -0.2) is 0 Å². The molecule has 1 aromatic carbocycles. The Bertz CT molecular complexity index is 909. The van der Waals surface area contributed by atoms with E-state index in [2.05, 4.69) is 15.5 Å². The van der Waals surface area contributed by atoms with E-state index in [0.717, 1.165) is 5.56 Å². The molecule has 4 rings (SSSR count). The highest BCUT2D eigenvalue weighted by molar-refractivity contribution is 8.00. The first-order valence-electron chi connectivity index (χ1n) is 7.89. The van der Waals surface area contributed by atoms with Crippen molar-refractivity contribution in [3.63, 3.8) is 0 Å². The predicted octanol–water partition coefficient (Wildman–Crippen LogP) is 2.86. The highest BCUT2D eigenvalue weighted by Gasteiger charge is 2.20. The summed E-state index contributed by atoms with van der Waals surface area (Å²) in [4.78, 5) is 12.2. The van der Waals surface area contributed by atoms with Crippen LogP contribution >= 0.6 is 11.8 Å². The van der Waals surface area contributed by atoms with E-state index in [1.54, 1.807) is 37.5 Å². The van der Waals surface area contributed by atoms with Crippen LogP contribution in [0.4, 0.5) is 0 Å². The van der Waals surface area contributed by atoms with Gasteiger partial charge >= 0.3 is 0 Å². The molecule has 3 aromatic rings.